The highest BCUT2D eigenvalue weighted by atomic mass is 16.3. The minimum absolute atomic E-state index is 0.178. The number of hydrogen-bond donors (Lipinski definition) is 3. The molecule has 0 aliphatic carbocycles. The molecule has 1 aromatic rings. The van der Waals surface area contributed by atoms with Crippen molar-refractivity contribution in [1.29, 1.82) is 0 Å². The van der Waals surface area contributed by atoms with Gasteiger partial charge >= 0.3 is 0 Å². The van der Waals surface area contributed by atoms with E-state index in [-0.39, 0.29) is 23.7 Å². The van der Waals surface area contributed by atoms with Crippen molar-refractivity contribution < 1.29 is 20.1 Å². The van der Waals surface area contributed by atoms with Crippen LogP contribution in [0, 0.1) is 0 Å². The number of phenols is 2. The fourth-order valence-electron chi connectivity index (χ4n) is 1.09. The molecule has 0 aromatic heterocycles. The van der Waals surface area contributed by atoms with Crippen LogP contribution in [0.4, 0.5) is 0 Å². The second-order valence-electron chi connectivity index (χ2n) is 3.02. The summed E-state index contributed by atoms with van der Waals surface area (Å²) in [5.74, 6) is -0.612. The Hall–Kier alpha value is -1.55. The van der Waals surface area contributed by atoms with E-state index in [0.717, 1.165) is 5.56 Å². The van der Waals surface area contributed by atoms with Crippen molar-refractivity contribution in [2.24, 2.45) is 0 Å². The number of rotatable bonds is 4. The lowest BCUT2D eigenvalue weighted by Gasteiger charge is -2.02. The first-order valence-electron chi connectivity index (χ1n) is 4.27. The Kier molecular flexibility index (Phi) is 3.48. The van der Waals surface area contributed by atoms with Gasteiger partial charge in [-0.05, 0) is 24.1 Å². The van der Waals surface area contributed by atoms with Crippen molar-refractivity contribution in [2.75, 3.05) is 6.61 Å². The monoisotopic (exact) mass is 196 g/mol. The smallest absolute Gasteiger partial charge is 0.158 e. The van der Waals surface area contributed by atoms with Gasteiger partial charge < -0.3 is 15.3 Å². The molecule has 1 aromatic carbocycles. The van der Waals surface area contributed by atoms with Gasteiger partial charge in [0.05, 0.1) is 0 Å². The number of aromatic hydroxyl groups is 2. The van der Waals surface area contributed by atoms with Crippen LogP contribution in [0.2, 0.25) is 0 Å². The molecule has 14 heavy (non-hydrogen) atoms. The van der Waals surface area contributed by atoms with Gasteiger partial charge in [-0.3, -0.25) is 4.79 Å². The molecule has 1 rings (SSSR count). The second kappa shape index (κ2) is 4.62. The van der Waals surface area contributed by atoms with Crippen molar-refractivity contribution >= 4 is 5.78 Å². The molecule has 0 saturated carbocycles. The molecule has 0 unspecified atom stereocenters. The van der Waals surface area contributed by atoms with Crippen LogP contribution in [0.25, 0.3) is 0 Å². The van der Waals surface area contributed by atoms with Gasteiger partial charge in [0, 0.05) is 6.42 Å². The molecule has 0 heterocycles. The molecule has 4 heteroatoms. The van der Waals surface area contributed by atoms with Crippen molar-refractivity contribution in [3.05, 3.63) is 23.8 Å². The number of carbonyl (C=O) groups is 1. The summed E-state index contributed by atoms with van der Waals surface area (Å²) in [5.41, 5.74) is 0.752. The number of hydrogen-bond acceptors (Lipinski definition) is 4. The zero-order chi connectivity index (χ0) is 10.6. The normalized spacial score (nSPS) is 10.1. The van der Waals surface area contributed by atoms with E-state index in [1.807, 2.05) is 0 Å². The highest BCUT2D eigenvalue weighted by Crippen LogP contribution is 2.25. The zero-order valence-electron chi connectivity index (χ0n) is 7.60. The van der Waals surface area contributed by atoms with Gasteiger partial charge in [0.15, 0.2) is 17.3 Å². The Morgan fingerprint density at radius 1 is 1.21 bits per heavy atom. The van der Waals surface area contributed by atoms with Crippen LogP contribution >= 0.6 is 0 Å². The first kappa shape index (κ1) is 10.5. The summed E-state index contributed by atoms with van der Waals surface area (Å²) in [6.07, 6.45) is 0.688. The van der Waals surface area contributed by atoms with Crippen molar-refractivity contribution in [3.63, 3.8) is 0 Å². The lowest BCUT2D eigenvalue weighted by molar-refractivity contribution is -0.121. The largest absolute Gasteiger partial charge is 0.504 e. The predicted octanol–water partition coefficient (Wildman–Crippen LogP) is 0.592. The first-order chi connectivity index (χ1) is 6.63. The zero-order valence-corrected chi connectivity index (χ0v) is 7.60. The topological polar surface area (TPSA) is 77.8 Å². The molecule has 0 amide bonds. The Morgan fingerprint density at radius 3 is 2.50 bits per heavy atom. The maximum absolute atomic E-state index is 10.8. The summed E-state index contributed by atoms with van der Waals surface area (Å²) < 4.78 is 0. The minimum atomic E-state index is -0.454. The van der Waals surface area contributed by atoms with E-state index in [4.69, 9.17) is 15.3 Å². The Balaban J connectivity index is 2.60. The van der Waals surface area contributed by atoms with Gasteiger partial charge in [0.25, 0.3) is 0 Å². The van der Waals surface area contributed by atoms with Crippen molar-refractivity contribution in [3.8, 4) is 11.5 Å². The standard InChI is InChI=1S/C10H12O4/c11-6-8(12)3-1-7-2-4-9(13)10(14)5-7/h2,4-5,11,13-14H,1,3,6H2. The van der Waals surface area contributed by atoms with Crippen LogP contribution in [-0.2, 0) is 11.2 Å². The molecule has 76 valence electrons. The van der Waals surface area contributed by atoms with E-state index in [1.165, 1.54) is 12.1 Å². The molecule has 0 atom stereocenters. The molecule has 0 radical (unpaired) electrons. The summed E-state index contributed by atoms with van der Waals surface area (Å²) in [7, 11) is 0. The minimum Gasteiger partial charge on any atom is -0.504 e. The van der Waals surface area contributed by atoms with Crippen LogP contribution in [-0.4, -0.2) is 27.7 Å². The maximum atomic E-state index is 10.8. The molecule has 0 bridgehead atoms. The van der Waals surface area contributed by atoms with E-state index in [9.17, 15) is 4.79 Å². The molecular formula is C10H12O4. The van der Waals surface area contributed by atoms with Gasteiger partial charge in [-0.25, -0.2) is 0 Å². The molecule has 0 saturated heterocycles. The lowest BCUT2D eigenvalue weighted by atomic mass is 10.1. The van der Waals surface area contributed by atoms with Gasteiger partial charge in [0.1, 0.15) is 6.61 Å². The summed E-state index contributed by atoms with van der Waals surface area (Å²) in [5, 5.41) is 26.6. The molecule has 4 nitrogen and oxygen atoms in total. The average molecular weight is 196 g/mol. The third-order valence-electron chi connectivity index (χ3n) is 1.91. The predicted molar refractivity (Wildman–Crippen MR) is 50.2 cm³/mol. The Bertz CT molecular complexity index is 333. The lowest BCUT2D eigenvalue weighted by Crippen LogP contribution is -2.04. The number of aryl methyl sites for hydroxylation is 1. The molecule has 3 N–H and O–H groups in total. The van der Waals surface area contributed by atoms with Crippen LogP contribution in [0.5, 0.6) is 11.5 Å². The van der Waals surface area contributed by atoms with Crippen molar-refractivity contribution in [1.82, 2.24) is 0 Å². The van der Waals surface area contributed by atoms with E-state index in [0.29, 0.717) is 6.42 Å². The summed E-state index contributed by atoms with van der Waals surface area (Å²) in [4.78, 5) is 10.8. The van der Waals surface area contributed by atoms with Crippen molar-refractivity contribution in [2.45, 2.75) is 12.8 Å². The molecule has 0 fully saturated rings. The van der Waals surface area contributed by atoms with E-state index >= 15 is 0 Å². The van der Waals surface area contributed by atoms with Gasteiger partial charge in [-0.1, -0.05) is 6.07 Å². The van der Waals surface area contributed by atoms with Gasteiger partial charge in [-0.15, -0.1) is 0 Å². The highest BCUT2D eigenvalue weighted by Gasteiger charge is 2.03. The Morgan fingerprint density at radius 2 is 1.93 bits per heavy atom. The first-order valence-corrected chi connectivity index (χ1v) is 4.27. The van der Waals surface area contributed by atoms with Crippen LogP contribution in [0.1, 0.15) is 12.0 Å². The fourth-order valence-corrected chi connectivity index (χ4v) is 1.09. The number of ketones is 1. The number of aliphatic hydroxyl groups is 1. The van der Waals surface area contributed by atoms with E-state index in [1.54, 1.807) is 6.07 Å². The average Bonchev–Trinajstić information content (AvgIpc) is 2.19. The quantitative estimate of drug-likeness (QED) is 0.616. The van der Waals surface area contributed by atoms with E-state index < -0.39 is 6.61 Å². The number of benzene rings is 1. The SMILES string of the molecule is O=C(CO)CCc1ccc(O)c(O)c1. The third-order valence-corrected chi connectivity index (χ3v) is 1.91. The summed E-state index contributed by atoms with van der Waals surface area (Å²) >= 11 is 0. The Labute approximate surface area is 81.4 Å². The van der Waals surface area contributed by atoms with Crippen LogP contribution < -0.4 is 0 Å². The molecule has 0 aliphatic heterocycles. The van der Waals surface area contributed by atoms with E-state index in [2.05, 4.69) is 0 Å². The second-order valence-corrected chi connectivity index (χ2v) is 3.02. The number of aliphatic hydroxyl groups excluding tert-OH is 1. The molecule has 0 aliphatic rings. The van der Waals surface area contributed by atoms with Crippen LogP contribution in [0.3, 0.4) is 0 Å². The number of Topliss-reactive ketones (excluding diaryl/α,β-unsaturated/α-hetero) is 1. The molecule has 0 spiro atoms. The molecular weight excluding hydrogens is 184 g/mol. The maximum Gasteiger partial charge on any atom is 0.158 e. The summed E-state index contributed by atoms with van der Waals surface area (Å²) in [6, 6.07) is 4.40. The van der Waals surface area contributed by atoms with Gasteiger partial charge in [-0.2, -0.15) is 0 Å². The van der Waals surface area contributed by atoms with Gasteiger partial charge in [0.2, 0.25) is 0 Å². The number of carbonyl (C=O) groups excluding carboxylic acids is 1. The van der Waals surface area contributed by atoms with Crippen LogP contribution in [0.15, 0.2) is 18.2 Å². The third kappa shape index (κ3) is 2.74. The highest BCUT2D eigenvalue weighted by molar-refractivity contribution is 5.79. The fraction of sp³-hybridized carbons (Fsp3) is 0.300. The summed E-state index contributed by atoms with van der Waals surface area (Å²) in [6.45, 7) is -0.454. The number of phenolic OH excluding ortho intramolecular Hbond substituents is 2.